The molecule has 9 heteroatoms. The van der Waals surface area contributed by atoms with Crippen molar-refractivity contribution in [2.24, 2.45) is 0 Å². The van der Waals surface area contributed by atoms with Crippen molar-refractivity contribution >= 4 is 34.2 Å². The van der Waals surface area contributed by atoms with Crippen LogP contribution in [0.15, 0.2) is 65.8 Å². The van der Waals surface area contributed by atoms with E-state index in [1.54, 1.807) is 18.6 Å². The van der Waals surface area contributed by atoms with Crippen LogP contribution in [0.5, 0.6) is 0 Å². The number of hydrogen-bond donors (Lipinski definition) is 2. The van der Waals surface area contributed by atoms with E-state index in [2.05, 4.69) is 40.7 Å². The molecule has 0 bridgehead atoms. The molecule has 0 saturated heterocycles. The number of benzene rings is 1. The van der Waals surface area contributed by atoms with E-state index in [4.69, 9.17) is 4.52 Å². The summed E-state index contributed by atoms with van der Waals surface area (Å²) in [6.07, 6.45) is 6.68. The summed E-state index contributed by atoms with van der Waals surface area (Å²) in [4.78, 5) is 21.6. The molecular weight excluding hydrogens is 392 g/mol. The summed E-state index contributed by atoms with van der Waals surface area (Å²) in [7, 11) is 0. The average Bonchev–Trinajstić information content (AvgIpc) is 3.19. The third-order valence-corrected chi connectivity index (χ3v) is 4.89. The molecule has 0 aliphatic carbocycles. The molecule has 0 amide bonds. The monoisotopic (exact) mass is 410 g/mol. The van der Waals surface area contributed by atoms with Gasteiger partial charge in [-0.05, 0) is 49.7 Å². The lowest BCUT2D eigenvalue weighted by Crippen LogP contribution is -2.02. The molecule has 0 atom stereocenters. The largest absolute Gasteiger partial charge is 0.339 e. The van der Waals surface area contributed by atoms with Crippen LogP contribution in [-0.4, -0.2) is 30.1 Å². The molecule has 152 valence electrons. The molecule has 4 aromatic heterocycles. The van der Waals surface area contributed by atoms with E-state index in [0.717, 1.165) is 39.3 Å². The van der Waals surface area contributed by atoms with Crippen molar-refractivity contribution in [3.05, 3.63) is 72.6 Å². The summed E-state index contributed by atoms with van der Waals surface area (Å²) < 4.78 is 5.23. The summed E-state index contributed by atoms with van der Waals surface area (Å²) in [6.45, 7) is 3.87. The highest BCUT2D eigenvalue weighted by atomic mass is 16.5. The number of aryl methyl sites for hydroxylation is 1. The van der Waals surface area contributed by atoms with Crippen LogP contribution in [0.2, 0.25) is 0 Å². The van der Waals surface area contributed by atoms with Crippen LogP contribution in [0.1, 0.15) is 11.3 Å². The molecule has 0 radical (unpaired) electrons. The van der Waals surface area contributed by atoms with Crippen molar-refractivity contribution in [3.63, 3.8) is 0 Å². The summed E-state index contributed by atoms with van der Waals surface area (Å²) >= 11 is 0. The van der Waals surface area contributed by atoms with Crippen LogP contribution in [0.3, 0.4) is 0 Å². The molecule has 5 aromatic rings. The third kappa shape index (κ3) is 3.64. The molecule has 2 N–H and O–H groups in total. The number of pyridine rings is 1. The summed E-state index contributed by atoms with van der Waals surface area (Å²) in [5, 5.41) is 11.4. The number of nitrogens with one attached hydrogen (secondary N) is 2. The van der Waals surface area contributed by atoms with Gasteiger partial charge in [-0.2, -0.15) is 4.98 Å². The van der Waals surface area contributed by atoms with Gasteiger partial charge in [-0.15, -0.1) is 0 Å². The minimum atomic E-state index is 0.447. The molecule has 9 nitrogen and oxygen atoms in total. The van der Waals surface area contributed by atoms with Crippen LogP contribution in [0.25, 0.3) is 22.4 Å². The minimum absolute atomic E-state index is 0.447. The van der Waals surface area contributed by atoms with Gasteiger partial charge in [-0.3, -0.25) is 4.98 Å². The topological polar surface area (TPSA) is 115 Å². The Hall–Kier alpha value is -4.40. The second-order valence-corrected chi connectivity index (χ2v) is 6.91. The van der Waals surface area contributed by atoms with Crippen molar-refractivity contribution in [1.29, 1.82) is 0 Å². The van der Waals surface area contributed by atoms with E-state index in [1.807, 2.05) is 50.2 Å². The summed E-state index contributed by atoms with van der Waals surface area (Å²) in [6, 6.07) is 11.6. The first-order valence-corrected chi connectivity index (χ1v) is 9.63. The van der Waals surface area contributed by atoms with Gasteiger partial charge in [0.1, 0.15) is 17.5 Å². The van der Waals surface area contributed by atoms with Crippen molar-refractivity contribution < 1.29 is 4.52 Å². The number of nitrogens with zero attached hydrogens (tertiary/aromatic N) is 6. The van der Waals surface area contributed by atoms with E-state index in [1.165, 1.54) is 6.33 Å². The van der Waals surface area contributed by atoms with Crippen LogP contribution < -0.4 is 10.6 Å². The Morgan fingerprint density at radius 1 is 0.871 bits per heavy atom. The highest BCUT2D eigenvalue weighted by Crippen LogP contribution is 2.31. The maximum Gasteiger partial charge on any atom is 0.263 e. The van der Waals surface area contributed by atoms with Crippen LogP contribution in [0.4, 0.5) is 23.1 Å². The smallest absolute Gasteiger partial charge is 0.263 e. The van der Waals surface area contributed by atoms with Gasteiger partial charge in [0.05, 0.1) is 11.4 Å². The molecule has 31 heavy (non-hydrogen) atoms. The second kappa shape index (κ2) is 7.79. The Kier molecular flexibility index (Phi) is 4.68. The van der Waals surface area contributed by atoms with Crippen LogP contribution in [-0.2, 0) is 0 Å². The Bertz CT molecular complexity index is 1370. The first kappa shape index (κ1) is 18.6. The van der Waals surface area contributed by atoms with Gasteiger partial charge in [0.2, 0.25) is 5.95 Å². The zero-order valence-corrected chi connectivity index (χ0v) is 16.9. The van der Waals surface area contributed by atoms with E-state index >= 15 is 0 Å². The maximum atomic E-state index is 5.23. The lowest BCUT2D eigenvalue weighted by molar-refractivity contribution is 0.442. The number of rotatable bonds is 5. The molecule has 0 aliphatic rings. The molecule has 0 unspecified atom stereocenters. The number of hydrogen-bond acceptors (Lipinski definition) is 9. The molecule has 5 rings (SSSR count). The fraction of sp³-hybridized carbons (Fsp3) is 0.0909. The Morgan fingerprint density at radius 2 is 1.74 bits per heavy atom. The Morgan fingerprint density at radius 3 is 2.58 bits per heavy atom. The predicted octanol–water partition coefficient (Wildman–Crippen LogP) is 4.57. The SMILES string of the molecule is Cc1c(Nc2nccc(-c3cccnc3)n2)cccc1Nc1ncnc2onc(C)c12. The zero-order chi connectivity index (χ0) is 21.2. The molecular formula is C22H18N8O. The quantitative estimate of drug-likeness (QED) is 0.430. The summed E-state index contributed by atoms with van der Waals surface area (Å²) in [5.74, 6) is 1.14. The highest BCUT2D eigenvalue weighted by molar-refractivity contribution is 5.90. The summed E-state index contributed by atoms with van der Waals surface area (Å²) in [5.41, 5.74) is 5.64. The number of aromatic nitrogens is 6. The molecule has 1 aromatic carbocycles. The molecule has 0 spiro atoms. The maximum absolute atomic E-state index is 5.23. The zero-order valence-electron chi connectivity index (χ0n) is 16.9. The third-order valence-electron chi connectivity index (χ3n) is 4.89. The first-order valence-electron chi connectivity index (χ1n) is 9.63. The Balaban J connectivity index is 1.45. The van der Waals surface area contributed by atoms with E-state index in [-0.39, 0.29) is 0 Å². The van der Waals surface area contributed by atoms with E-state index in [0.29, 0.717) is 17.5 Å². The second-order valence-electron chi connectivity index (χ2n) is 6.91. The standard InChI is InChI=1S/C22H18N8O/c1-13-16(27-20-19-14(2)30-31-21(19)26-12-25-20)6-3-7-17(13)28-22-24-10-8-18(29-22)15-5-4-9-23-11-15/h3-12H,1-2H3,(H,24,28,29)(H,25,26,27). The Labute approximate surface area is 177 Å². The van der Waals surface area contributed by atoms with Gasteiger partial charge in [-0.1, -0.05) is 11.2 Å². The van der Waals surface area contributed by atoms with Gasteiger partial charge >= 0.3 is 0 Å². The molecule has 4 heterocycles. The fourth-order valence-electron chi connectivity index (χ4n) is 3.27. The van der Waals surface area contributed by atoms with Crippen molar-refractivity contribution in [2.45, 2.75) is 13.8 Å². The average molecular weight is 410 g/mol. The molecule has 0 fully saturated rings. The van der Waals surface area contributed by atoms with E-state index < -0.39 is 0 Å². The van der Waals surface area contributed by atoms with Gasteiger partial charge in [0.15, 0.2) is 0 Å². The van der Waals surface area contributed by atoms with Crippen LogP contribution >= 0.6 is 0 Å². The first-order chi connectivity index (χ1) is 15.2. The van der Waals surface area contributed by atoms with Crippen molar-refractivity contribution in [2.75, 3.05) is 10.6 Å². The predicted molar refractivity (Wildman–Crippen MR) is 117 cm³/mol. The molecule has 0 aliphatic heterocycles. The van der Waals surface area contributed by atoms with Gasteiger partial charge in [0.25, 0.3) is 5.71 Å². The number of fused-ring (bicyclic) bond motifs is 1. The minimum Gasteiger partial charge on any atom is -0.339 e. The highest BCUT2D eigenvalue weighted by Gasteiger charge is 2.14. The van der Waals surface area contributed by atoms with E-state index in [9.17, 15) is 0 Å². The van der Waals surface area contributed by atoms with Crippen molar-refractivity contribution in [1.82, 2.24) is 30.1 Å². The van der Waals surface area contributed by atoms with Gasteiger partial charge < -0.3 is 15.2 Å². The fourth-order valence-corrected chi connectivity index (χ4v) is 3.27. The normalized spacial score (nSPS) is 10.9. The van der Waals surface area contributed by atoms with Crippen LogP contribution in [0, 0.1) is 13.8 Å². The lowest BCUT2D eigenvalue weighted by atomic mass is 10.1. The number of anilines is 4. The van der Waals surface area contributed by atoms with Gasteiger partial charge in [0, 0.05) is 35.5 Å². The van der Waals surface area contributed by atoms with Gasteiger partial charge in [-0.25, -0.2) is 15.0 Å². The van der Waals surface area contributed by atoms with Crippen molar-refractivity contribution in [3.8, 4) is 11.3 Å². The molecule has 0 saturated carbocycles. The lowest BCUT2D eigenvalue weighted by Gasteiger charge is -2.14.